The quantitative estimate of drug-likeness (QED) is 0.834. The average molecular weight is 231 g/mol. The Kier molecular flexibility index (Phi) is 3.17. The van der Waals surface area contributed by atoms with Gasteiger partial charge in [0.2, 0.25) is 0 Å². The van der Waals surface area contributed by atoms with Crippen LogP contribution in [0.2, 0.25) is 0 Å². The predicted octanol–water partition coefficient (Wildman–Crippen LogP) is 2.46. The van der Waals surface area contributed by atoms with Gasteiger partial charge in [-0.1, -0.05) is 30.7 Å². The fraction of sp³-hybridized carbons (Fsp3) is 0.600. The Bertz CT molecular complexity index is 390. The van der Waals surface area contributed by atoms with Crippen molar-refractivity contribution in [3.63, 3.8) is 0 Å². The molecule has 0 heterocycles. The highest BCUT2D eigenvalue weighted by Crippen LogP contribution is 2.44. The molecule has 0 aliphatic heterocycles. The molecule has 2 heteroatoms. The molecule has 17 heavy (non-hydrogen) atoms. The standard InChI is InChI=1S/C15H21NO/c17-10-14-4-2-1-3-13(14)9-16-15-8-11-5-6-12(15)7-11/h1-4,11-12,15-17H,5-10H2. The Morgan fingerprint density at radius 1 is 1.12 bits per heavy atom. The first-order valence-corrected chi connectivity index (χ1v) is 6.78. The lowest BCUT2D eigenvalue weighted by atomic mass is 9.95. The van der Waals surface area contributed by atoms with Gasteiger partial charge < -0.3 is 10.4 Å². The monoisotopic (exact) mass is 231 g/mol. The van der Waals surface area contributed by atoms with Crippen molar-refractivity contribution < 1.29 is 5.11 Å². The first kappa shape index (κ1) is 11.2. The van der Waals surface area contributed by atoms with Gasteiger partial charge in [0.05, 0.1) is 6.61 Å². The molecule has 2 aliphatic rings. The van der Waals surface area contributed by atoms with Crippen LogP contribution < -0.4 is 5.32 Å². The molecule has 92 valence electrons. The van der Waals surface area contributed by atoms with E-state index in [2.05, 4.69) is 17.4 Å². The van der Waals surface area contributed by atoms with Crippen LogP contribution in [-0.4, -0.2) is 11.1 Å². The topological polar surface area (TPSA) is 32.3 Å². The third-order valence-electron chi connectivity index (χ3n) is 4.58. The van der Waals surface area contributed by atoms with Gasteiger partial charge in [-0.05, 0) is 42.2 Å². The Hall–Kier alpha value is -0.860. The highest BCUT2D eigenvalue weighted by atomic mass is 16.3. The van der Waals surface area contributed by atoms with E-state index in [1.54, 1.807) is 0 Å². The van der Waals surface area contributed by atoms with Gasteiger partial charge in [-0.15, -0.1) is 0 Å². The maximum atomic E-state index is 9.29. The predicted molar refractivity (Wildman–Crippen MR) is 68.4 cm³/mol. The molecule has 2 aliphatic carbocycles. The zero-order valence-corrected chi connectivity index (χ0v) is 10.2. The molecule has 2 N–H and O–H groups in total. The summed E-state index contributed by atoms with van der Waals surface area (Å²) in [4.78, 5) is 0. The van der Waals surface area contributed by atoms with Crippen molar-refractivity contribution in [2.45, 2.75) is 44.9 Å². The van der Waals surface area contributed by atoms with Crippen LogP contribution in [0.5, 0.6) is 0 Å². The van der Waals surface area contributed by atoms with E-state index in [1.807, 2.05) is 12.1 Å². The van der Waals surface area contributed by atoms with Gasteiger partial charge in [-0.25, -0.2) is 0 Å². The molecular weight excluding hydrogens is 210 g/mol. The van der Waals surface area contributed by atoms with Gasteiger partial charge in [-0.2, -0.15) is 0 Å². The number of fused-ring (bicyclic) bond motifs is 2. The number of aliphatic hydroxyl groups is 1. The molecule has 0 radical (unpaired) electrons. The van der Waals surface area contributed by atoms with Crippen LogP contribution in [0.25, 0.3) is 0 Å². The minimum atomic E-state index is 0.147. The van der Waals surface area contributed by atoms with Crippen molar-refractivity contribution >= 4 is 0 Å². The second-order valence-electron chi connectivity index (χ2n) is 5.59. The van der Waals surface area contributed by atoms with Gasteiger partial charge >= 0.3 is 0 Å². The van der Waals surface area contributed by atoms with Crippen LogP contribution in [0, 0.1) is 11.8 Å². The molecule has 2 nitrogen and oxygen atoms in total. The molecule has 0 amide bonds. The third-order valence-corrected chi connectivity index (χ3v) is 4.58. The molecule has 1 aromatic rings. The first-order valence-electron chi connectivity index (χ1n) is 6.78. The summed E-state index contributed by atoms with van der Waals surface area (Å²) in [5.74, 6) is 1.91. The summed E-state index contributed by atoms with van der Waals surface area (Å²) in [6.07, 6.45) is 5.69. The summed E-state index contributed by atoms with van der Waals surface area (Å²) in [5, 5.41) is 13.0. The molecule has 3 rings (SSSR count). The van der Waals surface area contributed by atoms with Gasteiger partial charge in [0, 0.05) is 12.6 Å². The highest BCUT2D eigenvalue weighted by Gasteiger charge is 2.38. The Balaban J connectivity index is 1.60. The van der Waals surface area contributed by atoms with Gasteiger partial charge in [0.1, 0.15) is 0 Å². The van der Waals surface area contributed by atoms with Crippen molar-refractivity contribution in [2.75, 3.05) is 0 Å². The van der Waals surface area contributed by atoms with Crippen molar-refractivity contribution in [1.82, 2.24) is 5.32 Å². The number of nitrogens with one attached hydrogen (secondary N) is 1. The van der Waals surface area contributed by atoms with Crippen molar-refractivity contribution in [2.24, 2.45) is 11.8 Å². The number of benzene rings is 1. The van der Waals surface area contributed by atoms with E-state index < -0.39 is 0 Å². The third kappa shape index (κ3) is 2.24. The molecule has 3 unspecified atom stereocenters. The molecule has 2 fully saturated rings. The smallest absolute Gasteiger partial charge is 0.0685 e. The molecule has 2 bridgehead atoms. The molecule has 3 atom stereocenters. The summed E-state index contributed by atoms with van der Waals surface area (Å²) in [5.41, 5.74) is 2.31. The van der Waals surface area contributed by atoms with E-state index in [-0.39, 0.29) is 6.61 Å². The lowest BCUT2D eigenvalue weighted by molar-refractivity contribution is 0.279. The van der Waals surface area contributed by atoms with E-state index in [4.69, 9.17) is 0 Å². The Morgan fingerprint density at radius 2 is 1.94 bits per heavy atom. The molecule has 0 aromatic heterocycles. The number of aliphatic hydroxyl groups excluding tert-OH is 1. The lowest BCUT2D eigenvalue weighted by Crippen LogP contribution is -2.33. The maximum absolute atomic E-state index is 9.29. The minimum absolute atomic E-state index is 0.147. The molecule has 1 aromatic carbocycles. The molecule has 0 spiro atoms. The second kappa shape index (κ2) is 4.79. The minimum Gasteiger partial charge on any atom is -0.392 e. The summed E-state index contributed by atoms with van der Waals surface area (Å²) in [7, 11) is 0. The Labute approximate surface area is 103 Å². The van der Waals surface area contributed by atoms with Crippen molar-refractivity contribution in [3.05, 3.63) is 35.4 Å². The van der Waals surface area contributed by atoms with Gasteiger partial charge in [0.15, 0.2) is 0 Å². The van der Waals surface area contributed by atoms with Gasteiger partial charge in [-0.3, -0.25) is 0 Å². The van der Waals surface area contributed by atoms with Crippen LogP contribution in [-0.2, 0) is 13.2 Å². The van der Waals surface area contributed by atoms with Crippen LogP contribution in [0.15, 0.2) is 24.3 Å². The summed E-state index contributed by atoms with van der Waals surface area (Å²) in [6, 6.07) is 8.90. The normalized spacial score (nSPS) is 31.0. The largest absolute Gasteiger partial charge is 0.392 e. The van der Waals surface area contributed by atoms with E-state index in [0.717, 1.165) is 30.0 Å². The van der Waals surface area contributed by atoms with Crippen LogP contribution in [0.1, 0.15) is 36.8 Å². The fourth-order valence-corrected chi connectivity index (χ4v) is 3.62. The SMILES string of the molecule is OCc1ccccc1CNC1CC2CCC1C2. The summed E-state index contributed by atoms with van der Waals surface area (Å²) < 4.78 is 0. The second-order valence-corrected chi connectivity index (χ2v) is 5.59. The number of hydrogen-bond donors (Lipinski definition) is 2. The Morgan fingerprint density at radius 3 is 2.59 bits per heavy atom. The van der Waals surface area contributed by atoms with Gasteiger partial charge in [0.25, 0.3) is 0 Å². The summed E-state index contributed by atoms with van der Waals surface area (Å²) in [6.45, 7) is 1.05. The van der Waals surface area contributed by atoms with E-state index in [9.17, 15) is 5.11 Å². The van der Waals surface area contributed by atoms with Crippen LogP contribution >= 0.6 is 0 Å². The number of hydrogen-bond acceptors (Lipinski definition) is 2. The molecule has 0 saturated heterocycles. The molecule has 2 saturated carbocycles. The van der Waals surface area contributed by atoms with Crippen LogP contribution in [0.3, 0.4) is 0 Å². The number of rotatable bonds is 4. The average Bonchev–Trinajstić information content (AvgIpc) is 2.98. The highest BCUT2D eigenvalue weighted by molar-refractivity contribution is 5.26. The van der Waals surface area contributed by atoms with E-state index >= 15 is 0 Å². The van der Waals surface area contributed by atoms with E-state index in [0.29, 0.717) is 0 Å². The fourth-order valence-electron chi connectivity index (χ4n) is 3.62. The van der Waals surface area contributed by atoms with Crippen molar-refractivity contribution in [3.8, 4) is 0 Å². The first-order chi connectivity index (χ1) is 8.36. The lowest BCUT2D eigenvalue weighted by Gasteiger charge is -2.23. The summed E-state index contributed by atoms with van der Waals surface area (Å²) >= 11 is 0. The zero-order chi connectivity index (χ0) is 11.7. The zero-order valence-electron chi connectivity index (χ0n) is 10.2. The maximum Gasteiger partial charge on any atom is 0.0685 e. The molecular formula is C15H21NO. The van der Waals surface area contributed by atoms with Crippen molar-refractivity contribution in [1.29, 1.82) is 0 Å². The van der Waals surface area contributed by atoms with E-state index in [1.165, 1.54) is 31.2 Å². The van der Waals surface area contributed by atoms with Crippen LogP contribution in [0.4, 0.5) is 0 Å².